The number of nitrogens with zero attached hydrogens (tertiary/aromatic N) is 2. The minimum absolute atomic E-state index is 0.0217. The predicted octanol–water partition coefficient (Wildman–Crippen LogP) is 2.25. The van der Waals surface area contributed by atoms with E-state index in [-0.39, 0.29) is 18.4 Å². The number of hydrogen-bond acceptors (Lipinski definition) is 5. The normalized spacial score (nSPS) is 10.1. The van der Waals surface area contributed by atoms with Crippen LogP contribution in [0, 0.1) is 0 Å². The number of amides is 2. The lowest BCUT2D eigenvalue weighted by atomic mass is 10.2. The zero-order valence-corrected chi connectivity index (χ0v) is 13.2. The highest BCUT2D eigenvalue weighted by atomic mass is 32.1. The molecule has 0 aliphatic carbocycles. The summed E-state index contributed by atoms with van der Waals surface area (Å²) < 4.78 is 5.11. The molecule has 2 rings (SSSR count). The fourth-order valence-corrected chi connectivity index (χ4v) is 2.43. The van der Waals surface area contributed by atoms with Gasteiger partial charge in [-0.1, -0.05) is 6.07 Å². The van der Waals surface area contributed by atoms with E-state index in [4.69, 9.17) is 4.74 Å². The Kier molecular flexibility index (Phi) is 5.48. The van der Waals surface area contributed by atoms with Gasteiger partial charge in [-0.05, 0) is 25.1 Å². The van der Waals surface area contributed by atoms with Gasteiger partial charge in [0.25, 0.3) is 5.91 Å². The molecule has 6 nitrogen and oxygen atoms in total. The quantitative estimate of drug-likeness (QED) is 0.886. The van der Waals surface area contributed by atoms with Gasteiger partial charge in [-0.2, -0.15) is 0 Å². The molecule has 0 saturated carbocycles. The van der Waals surface area contributed by atoms with E-state index in [1.807, 2.05) is 6.92 Å². The minimum atomic E-state index is -0.270. The number of benzene rings is 1. The number of methoxy groups -OCH3 is 1. The lowest BCUT2D eigenvalue weighted by Gasteiger charge is -2.20. The molecule has 1 N–H and O–H groups in total. The first-order valence-electron chi connectivity index (χ1n) is 6.76. The van der Waals surface area contributed by atoms with Crippen LogP contribution in [0.2, 0.25) is 0 Å². The monoisotopic (exact) mass is 319 g/mol. The van der Waals surface area contributed by atoms with Crippen LogP contribution in [-0.2, 0) is 4.79 Å². The van der Waals surface area contributed by atoms with Crippen molar-refractivity contribution in [2.45, 2.75) is 6.92 Å². The van der Waals surface area contributed by atoms with E-state index in [0.29, 0.717) is 23.0 Å². The molecular weight excluding hydrogens is 302 g/mol. The van der Waals surface area contributed by atoms with E-state index in [9.17, 15) is 9.59 Å². The summed E-state index contributed by atoms with van der Waals surface area (Å²) in [5.74, 6) is 0.123. The van der Waals surface area contributed by atoms with Gasteiger partial charge >= 0.3 is 0 Å². The zero-order chi connectivity index (χ0) is 15.9. The Morgan fingerprint density at radius 2 is 2.23 bits per heavy atom. The van der Waals surface area contributed by atoms with Gasteiger partial charge in [0.05, 0.1) is 7.11 Å². The maximum absolute atomic E-state index is 12.5. The molecule has 1 heterocycles. The predicted molar refractivity (Wildman–Crippen MR) is 85.3 cm³/mol. The molecule has 0 fully saturated rings. The Hall–Kier alpha value is -2.41. The second kappa shape index (κ2) is 7.56. The first-order valence-corrected chi connectivity index (χ1v) is 7.64. The lowest BCUT2D eigenvalue weighted by Crippen LogP contribution is -2.37. The standard InChI is InChI=1S/C15H17N3O3S/c1-3-18(10-13(19)17-15-16-7-8-22-15)14(20)11-5-4-6-12(9-11)21-2/h4-9H,3,10H2,1-2H3,(H,16,17,19). The Morgan fingerprint density at radius 1 is 1.41 bits per heavy atom. The Bertz CT molecular complexity index is 643. The summed E-state index contributed by atoms with van der Waals surface area (Å²) in [6, 6.07) is 6.87. The third-order valence-electron chi connectivity index (χ3n) is 3.00. The third kappa shape index (κ3) is 4.05. The van der Waals surface area contributed by atoms with Crippen molar-refractivity contribution in [3.05, 3.63) is 41.4 Å². The molecule has 2 aromatic rings. The van der Waals surface area contributed by atoms with E-state index in [1.54, 1.807) is 43.0 Å². The number of thiazole rings is 1. The van der Waals surface area contributed by atoms with Gasteiger partial charge < -0.3 is 15.0 Å². The Labute approximate surface area is 132 Å². The van der Waals surface area contributed by atoms with Crippen LogP contribution in [0.4, 0.5) is 5.13 Å². The van der Waals surface area contributed by atoms with Gasteiger partial charge in [0, 0.05) is 23.7 Å². The largest absolute Gasteiger partial charge is 0.497 e. The maximum Gasteiger partial charge on any atom is 0.254 e. The smallest absolute Gasteiger partial charge is 0.254 e. The molecular formula is C15H17N3O3S. The number of hydrogen-bond donors (Lipinski definition) is 1. The van der Waals surface area contributed by atoms with E-state index >= 15 is 0 Å². The summed E-state index contributed by atoms with van der Waals surface area (Å²) >= 11 is 1.33. The van der Waals surface area contributed by atoms with Gasteiger partial charge in [-0.25, -0.2) is 4.98 Å². The summed E-state index contributed by atoms with van der Waals surface area (Å²) in [7, 11) is 1.54. The van der Waals surface area contributed by atoms with E-state index in [0.717, 1.165) is 0 Å². The molecule has 0 unspecified atom stereocenters. The van der Waals surface area contributed by atoms with E-state index in [2.05, 4.69) is 10.3 Å². The van der Waals surface area contributed by atoms with Gasteiger partial charge in [0.1, 0.15) is 12.3 Å². The molecule has 0 bridgehead atoms. The van der Waals surface area contributed by atoms with Gasteiger partial charge in [0.15, 0.2) is 5.13 Å². The van der Waals surface area contributed by atoms with Crippen molar-refractivity contribution in [2.75, 3.05) is 25.5 Å². The molecule has 1 aromatic heterocycles. The number of carbonyl (C=O) groups is 2. The fraction of sp³-hybridized carbons (Fsp3) is 0.267. The van der Waals surface area contributed by atoms with E-state index in [1.165, 1.54) is 16.2 Å². The number of aromatic nitrogens is 1. The number of anilines is 1. The van der Waals surface area contributed by atoms with Crippen molar-refractivity contribution in [3.63, 3.8) is 0 Å². The molecule has 2 amide bonds. The van der Waals surface area contributed by atoms with Crippen LogP contribution in [0.25, 0.3) is 0 Å². The van der Waals surface area contributed by atoms with Crippen molar-refractivity contribution in [3.8, 4) is 5.75 Å². The van der Waals surface area contributed by atoms with Gasteiger partial charge in [-0.3, -0.25) is 9.59 Å². The molecule has 1 aromatic carbocycles. The van der Waals surface area contributed by atoms with Crippen LogP contribution >= 0.6 is 11.3 Å². The van der Waals surface area contributed by atoms with Crippen molar-refractivity contribution in [2.24, 2.45) is 0 Å². The van der Waals surface area contributed by atoms with Crippen molar-refractivity contribution in [1.82, 2.24) is 9.88 Å². The SMILES string of the molecule is CCN(CC(=O)Nc1nccs1)C(=O)c1cccc(OC)c1. The van der Waals surface area contributed by atoms with Crippen LogP contribution < -0.4 is 10.1 Å². The molecule has 7 heteroatoms. The number of nitrogens with one attached hydrogen (secondary N) is 1. The maximum atomic E-state index is 12.5. The molecule has 0 radical (unpaired) electrons. The van der Waals surface area contributed by atoms with Crippen molar-refractivity contribution in [1.29, 1.82) is 0 Å². The fourth-order valence-electron chi connectivity index (χ4n) is 1.88. The van der Waals surface area contributed by atoms with Crippen LogP contribution in [-0.4, -0.2) is 41.9 Å². The van der Waals surface area contributed by atoms with Gasteiger partial charge in [0.2, 0.25) is 5.91 Å². The molecule has 0 spiro atoms. The highest BCUT2D eigenvalue weighted by molar-refractivity contribution is 7.13. The van der Waals surface area contributed by atoms with Crippen LogP contribution in [0.15, 0.2) is 35.8 Å². The first-order chi connectivity index (χ1) is 10.6. The highest BCUT2D eigenvalue weighted by Crippen LogP contribution is 2.15. The van der Waals surface area contributed by atoms with Gasteiger partial charge in [-0.15, -0.1) is 11.3 Å². The zero-order valence-electron chi connectivity index (χ0n) is 12.4. The summed E-state index contributed by atoms with van der Waals surface area (Å²) in [5.41, 5.74) is 0.489. The highest BCUT2D eigenvalue weighted by Gasteiger charge is 2.18. The molecule has 0 atom stereocenters. The third-order valence-corrected chi connectivity index (χ3v) is 3.69. The average Bonchev–Trinajstić information content (AvgIpc) is 3.04. The first kappa shape index (κ1) is 16.0. The number of likely N-dealkylation sites (N-methyl/N-ethyl adjacent to an activating group) is 1. The Morgan fingerprint density at radius 3 is 2.86 bits per heavy atom. The number of rotatable bonds is 6. The van der Waals surface area contributed by atoms with Crippen LogP contribution in [0.3, 0.4) is 0 Å². The van der Waals surface area contributed by atoms with Crippen molar-refractivity contribution >= 4 is 28.3 Å². The summed E-state index contributed by atoms with van der Waals surface area (Å²) in [5, 5.41) is 4.96. The molecule has 116 valence electrons. The molecule has 0 aliphatic rings. The summed E-state index contributed by atoms with van der Waals surface area (Å²) in [4.78, 5) is 29.9. The topological polar surface area (TPSA) is 71.5 Å². The lowest BCUT2D eigenvalue weighted by molar-refractivity contribution is -0.116. The molecule has 0 aliphatic heterocycles. The average molecular weight is 319 g/mol. The molecule has 22 heavy (non-hydrogen) atoms. The number of ether oxygens (including phenoxy) is 1. The number of carbonyl (C=O) groups excluding carboxylic acids is 2. The second-order valence-electron chi connectivity index (χ2n) is 4.44. The summed E-state index contributed by atoms with van der Waals surface area (Å²) in [6.45, 7) is 2.24. The molecule has 0 saturated heterocycles. The van der Waals surface area contributed by atoms with Crippen LogP contribution in [0.1, 0.15) is 17.3 Å². The van der Waals surface area contributed by atoms with Crippen LogP contribution in [0.5, 0.6) is 5.75 Å². The Balaban J connectivity index is 2.03. The summed E-state index contributed by atoms with van der Waals surface area (Å²) in [6.07, 6.45) is 1.61. The minimum Gasteiger partial charge on any atom is -0.497 e. The van der Waals surface area contributed by atoms with Crippen molar-refractivity contribution < 1.29 is 14.3 Å². The second-order valence-corrected chi connectivity index (χ2v) is 5.33. The van der Waals surface area contributed by atoms with E-state index < -0.39 is 0 Å².